The van der Waals surface area contributed by atoms with Gasteiger partial charge in [-0.3, -0.25) is 19.3 Å². The van der Waals surface area contributed by atoms with Crippen LogP contribution in [-0.4, -0.2) is 39.0 Å². The van der Waals surface area contributed by atoms with E-state index in [1.807, 2.05) is 0 Å². The fourth-order valence-corrected chi connectivity index (χ4v) is 3.03. The molecular formula is C14H11NO4S2. The van der Waals surface area contributed by atoms with E-state index in [9.17, 15) is 14.4 Å². The van der Waals surface area contributed by atoms with E-state index in [4.69, 9.17) is 17.3 Å². The summed E-state index contributed by atoms with van der Waals surface area (Å²) >= 11 is 6.24. The predicted molar refractivity (Wildman–Crippen MR) is 84.0 cm³/mol. The first-order valence-corrected chi connectivity index (χ1v) is 7.26. The molecule has 7 heteroatoms. The number of carboxylic acid groups (broad SMARTS) is 1. The molecule has 0 unspecified atom stereocenters. The number of hydrogen-bond donors (Lipinski definition) is 1. The van der Waals surface area contributed by atoms with Gasteiger partial charge in [-0.2, -0.15) is 0 Å². The molecule has 0 aliphatic carbocycles. The summed E-state index contributed by atoms with van der Waals surface area (Å²) in [6.07, 6.45) is 2.28. The van der Waals surface area contributed by atoms with Crippen LogP contribution in [0.25, 0.3) is 6.08 Å². The number of nitrogens with zero attached hydrogens (tertiary/aromatic N) is 1. The molecule has 1 fully saturated rings. The van der Waals surface area contributed by atoms with Crippen molar-refractivity contribution in [1.29, 1.82) is 0 Å². The van der Waals surface area contributed by atoms with Crippen LogP contribution in [0.2, 0.25) is 0 Å². The van der Waals surface area contributed by atoms with Crippen LogP contribution in [0.4, 0.5) is 0 Å². The third-order valence-electron chi connectivity index (χ3n) is 2.79. The lowest BCUT2D eigenvalue weighted by molar-refractivity contribution is -0.137. The average molecular weight is 321 g/mol. The van der Waals surface area contributed by atoms with Crippen molar-refractivity contribution in [3.63, 3.8) is 0 Å². The van der Waals surface area contributed by atoms with Crippen LogP contribution in [-0.2, 0) is 9.59 Å². The van der Waals surface area contributed by atoms with Crippen LogP contribution in [0.3, 0.4) is 0 Å². The molecule has 1 saturated heterocycles. The quantitative estimate of drug-likeness (QED) is 0.509. The minimum atomic E-state index is -0.975. The van der Waals surface area contributed by atoms with Crippen LogP contribution in [0.15, 0.2) is 29.2 Å². The van der Waals surface area contributed by atoms with Crippen molar-refractivity contribution in [2.75, 3.05) is 6.54 Å². The molecule has 1 amide bonds. The monoisotopic (exact) mass is 321 g/mol. The molecule has 0 saturated carbocycles. The largest absolute Gasteiger partial charge is 0.481 e. The van der Waals surface area contributed by atoms with Crippen LogP contribution < -0.4 is 0 Å². The van der Waals surface area contributed by atoms with Crippen LogP contribution in [0.1, 0.15) is 22.3 Å². The highest BCUT2D eigenvalue weighted by Gasteiger charge is 2.31. The summed E-state index contributed by atoms with van der Waals surface area (Å²) in [5.74, 6) is -1.26. The molecule has 1 heterocycles. The first-order chi connectivity index (χ1) is 10.0. The minimum absolute atomic E-state index is 0.0709. The van der Waals surface area contributed by atoms with E-state index in [1.54, 1.807) is 30.3 Å². The molecule has 0 radical (unpaired) electrons. The lowest BCUT2D eigenvalue weighted by Crippen LogP contribution is -2.30. The number of aldehydes is 1. The first kappa shape index (κ1) is 15.4. The van der Waals surface area contributed by atoms with Crippen LogP contribution >= 0.6 is 24.0 Å². The zero-order valence-electron chi connectivity index (χ0n) is 10.8. The van der Waals surface area contributed by atoms with E-state index in [0.717, 1.165) is 23.6 Å². The normalized spacial score (nSPS) is 16.6. The Morgan fingerprint density at radius 1 is 1.29 bits per heavy atom. The molecular weight excluding hydrogens is 310 g/mol. The summed E-state index contributed by atoms with van der Waals surface area (Å²) < 4.78 is 0.358. The van der Waals surface area contributed by atoms with E-state index in [2.05, 4.69) is 0 Å². The first-order valence-electron chi connectivity index (χ1n) is 6.03. The predicted octanol–water partition coefficient (Wildman–Crippen LogP) is 2.17. The van der Waals surface area contributed by atoms with Crippen molar-refractivity contribution in [2.45, 2.75) is 6.42 Å². The third-order valence-corrected chi connectivity index (χ3v) is 4.17. The van der Waals surface area contributed by atoms with E-state index in [-0.39, 0.29) is 18.9 Å². The summed E-state index contributed by atoms with van der Waals surface area (Å²) in [6.45, 7) is 0.0709. The molecule has 108 valence electrons. The molecule has 1 aliphatic heterocycles. The Morgan fingerprint density at radius 3 is 2.48 bits per heavy atom. The van der Waals surface area contributed by atoms with Gasteiger partial charge in [-0.1, -0.05) is 48.2 Å². The second-order valence-electron chi connectivity index (χ2n) is 4.26. The Balaban J connectivity index is 2.15. The van der Waals surface area contributed by atoms with Gasteiger partial charge in [-0.25, -0.2) is 0 Å². The SMILES string of the molecule is O=Cc1ccc(/C=C2\SC(=S)N(CCC(=O)O)C2=O)cc1. The van der Waals surface area contributed by atoms with Gasteiger partial charge in [-0.05, 0) is 11.6 Å². The Hall–Kier alpha value is -1.99. The molecule has 1 aliphatic rings. The number of carbonyl (C=O) groups excluding carboxylic acids is 2. The fraction of sp³-hybridized carbons (Fsp3) is 0.143. The highest BCUT2D eigenvalue weighted by atomic mass is 32.2. The Bertz CT molecular complexity index is 637. The number of benzene rings is 1. The molecule has 0 bridgehead atoms. The molecule has 21 heavy (non-hydrogen) atoms. The van der Waals surface area contributed by atoms with Gasteiger partial charge in [0, 0.05) is 12.1 Å². The van der Waals surface area contributed by atoms with Crippen LogP contribution in [0.5, 0.6) is 0 Å². The van der Waals surface area contributed by atoms with Crippen molar-refractivity contribution in [3.05, 3.63) is 40.3 Å². The van der Waals surface area contributed by atoms with Crippen molar-refractivity contribution in [1.82, 2.24) is 4.90 Å². The number of carbonyl (C=O) groups is 3. The van der Waals surface area contributed by atoms with Gasteiger partial charge in [0.25, 0.3) is 5.91 Å². The summed E-state index contributed by atoms with van der Waals surface area (Å²) in [5.41, 5.74) is 1.33. The molecule has 0 spiro atoms. The summed E-state index contributed by atoms with van der Waals surface area (Å²) in [6, 6.07) is 6.77. The summed E-state index contributed by atoms with van der Waals surface area (Å²) in [5, 5.41) is 8.67. The van der Waals surface area contributed by atoms with Crippen molar-refractivity contribution in [2.24, 2.45) is 0 Å². The highest BCUT2D eigenvalue weighted by molar-refractivity contribution is 8.26. The van der Waals surface area contributed by atoms with E-state index in [0.29, 0.717) is 14.8 Å². The van der Waals surface area contributed by atoms with Crippen molar-refractivity contribution < 1.29 is 19.5 Å². The molecule has 5 nitrogen and oxygen atoms in total. The molecule has 1 aromatic carbocycles. The standard InChI is InChI=1S/C14H11NO4S2/c16-8-10-3-1-9(2-4-10)7-11-13(19)15(14(20)21-11)6-5-12(17)18/h1-4,7-8H,5-6H2,(H,17,18)/b11-7-. The zero-order valence-corrected chi connectivity index (χ0v) is 12.4. The molecule has 0 aromatic heterocycles. The smallest absolute Gasteiger partial charge is 0.305 e. The third kappa shape index (κ3) is 3.77. The van der Waals surface area contributed by atoms with Crippen molar-refractivity contribution >= 4 is 52.5 Å². The van der Waals surface area contributed by atoms with E-state index in [1.165, 1.54) is 4.90 Å². The lowest BCUT2D eigenvalue weighted by atomic mass is 10.1. The highest BCUT2D eigenvalue weighted by Crippen LogP contribution is 2.32. The van der Waals surface area contributed by atoms with Gasteiger partial charge >= 0.3 is 5.97 Å². The second kappa shape index (κ2) is 6.64. The van der Waals surface area contributed by atoms with Crippen molar-refractivity contribution in [3.8, 4) is 0 Å². The minimum Gasteiger partial charge on any atom is -0.481 e. The van der Waals surface area contributed by atoms with Gasteiger partial charge in [0.1, 0.15) is 10.6 Å². The molecule has 2 rings (SSSR count). The number of amides is 1. The maximum absolute atomic E-state index is 12.2. The number of aliphatic carboxylic acids is 1. The number of thiocarbonyl (C=S) groups is 1. The Morgan fingerprint density at radius 2 is 1.90 bits per heavy atom. The van der Waals surface area contributed by atoms with Gasteiger partial charge in [0.05, 0.1) is 11.3 Å². The number of rotatable bonds is 5. The number of carboxylic acids is 1. The molecule has 1 aromatic rings. The second-order valence-corrected chi connectivity index (χ2v) is 5.94. The summed E-state index contributed by atoms with van der Waals surface area (Å²) in [4.78, 5) is 35.0. The topological polar surface area (TPSA) is 74.7 Å². The van der Waals surface area contributed by atoms with Gasteiger partial charge in [0.15, 0.2) is 0 Å². The maximum Gasteiger partial charge on any atom is 0.305 e. The van der Waals surface area contributed by atoms with E-state index >= 15 is 0 Å². The maximum atomic E-state index is 12.2. The molecule has 1 N–H and O–H groups in total. The summed E-state index contributed by atoms with van der Waals surface area (Å²) in [7, 11) is 0. The Labute approximate surface area is 130 Å². The molecule has 0 atom stereocenters. The van der Waals surface area contributed by atoms with Gasteiger partial charge < -0.3 is 5.11 Å². The average Bonchev–Trinajstić information content (AvgIpc) is 2.72. The fourth-order valence-electron chi connectivity index (χ4n) is 1.72. The number of hydrogen-bond acceptors (Lipinski definition) is 5. The number of thioether (sulfide) groups is 1. The van der Waals surface area contributed by atoms with Gasteiger partial charge in [-0.15, -0.1) is 0 Å². The van der Waals surface area contributed by atoms with Gasteiger partial charge in [0.2, 0.25) is 0 Å². The lowest BCUT2D eigenvalue weighted by Gasteiger charge is -2.12. The van der Waals surface area contributed by atoms with Crippen LogP contribution in [0, 0.1) is 0 Å². The van der Waals surface area contributed by atoms with E-state index < -0.39 is 5.97 Å². The zero-order chi connectivity index (χ0) is 15.4. The Kier molecular flexibility index (Phi) is 4.87.